The van der Waals surface area contributed by atoms with Crippen molar-refractivity contribution in [1.29, 1.82) is 0 Å². The molecular weight excluding hydrogens is 432 g/mol. The quantitative estimate of drug-likeness (QED) is 0.403. The molecule has 4 nitrogen and oxygen atoms in total. The molecule has 0 unspecified atom stereocenters. The standard InChI is InChI=1S/C19H22FN3O.HI/c1-2-24-18-9-6-13(10-17(18)20)12-22-19(21)23-16-8-7-14-4-3-5-15(14)11-16;/h6-11H,2-5,12H2,1H3,(H3,21,22,23);1H. The minimum absolute atomic E-state index is 0. The summed E-state index contributed by atoms with van der Waals surface area (Å²) in [6, 6.07) is 11.1. The van der Waals surface area contributed by atoms with Crippen molar-refractivity contribution in [3.8, 4) is 5.75 Å². The van der Waals surface area contributed by atoms with E-state index in [1.54, 1.807) is 12.1 Å². The number of anilines is 1. The fourth-order valence-electron chi connectivity index (χ4n) is 2.93. The summed E-state index contributed by atoms with van der Waals surface area (Å²) in [6.45, 7) is 2.57. The Bertz CT molecular complexity index is 764. The van der Waals surface area contributed by atoms with Gasteiger partial charge in [-0.2, -0.15) is 0 Å². The van der Waals surface area contributed by atoms with Crippen molar-refractivity contribution in [3.05, 3.63) is 58.9 Å². The van der Waals surface area contributed by atoms with Gasteiger partial charge in [0.05, 0.1) is 13.2 Å². The Balaban J connectivity index is 0.00000225. The summed E-state index contributed by atoms with van der Waals surface area (Å²) in [5.74, 6) is 0.200. The SMILES string of the molecule is CCOc1ccc(CN=C(N)Nc2ccc3c(c2)CCC3)cc1F.I. The normalized spacial score (nSPS) is 13.1. The average molecular weight is 455 g/mol. The van der Waals surface area contributed by atoms with Gasteiger partial charge < -0.3 is 15.8 Å². The number of aryl methyl sites for hydroxylation is 2. The largest absolute Gasteiger partial charge is 0.491 e. The predicted molar refractivity (Wildman–Crippen MR) is 110 cm³/mol. The highest BCUT2D eigenvalue weighted by Gasteiger charge is 2.11. The van der Waals surface area contributed by atoms with E-state index >= 15 is 0 Å². The van der Waals surface area contributed by atoms with Gasteiger partial charge in [0, 0.05) is 5.69 Å². The van der Waals surface area contributed by atoms with Crippen molar-refractivity contribution in [2.75, 3.05) is 11.9 Å². The molecule has 3 rings (SSSR count). The Labute approximate surface area is 164 Å². The number of hydrogen-bond acceptors (Lipinski definition) is 2. The van der Waals surface area contributed by atoms with E-state index < -0.39 is 0 Å². The number of aliphatic imine (C=N–C) groups is 1. The Morgan fingerprint density at radius 3 is 2.76 bits per heavy atom. The first kappa shape index (κ1) is 19.5. The van der Waals surface area contributed by atoms with Crippen LogP contribution in [0.1, 0.15) is 30.0 Å². The summed E-state index contributed by atoms with van der Waals surface area (Å²) in [7, 11) is 0. The first-order valence-electron chi connectivity index (χ1n) is 8.25. The van der Waals surface area contributed by atoms with Gasteiger partial charge in [-0.1, -0.05) is 12.1 Å². The summed E-state index contributed by atoms with van der Waals surface area (Å²) < 4.78 is 19.0. The van der Waals surface area contributed by atoms with Crippen LogP contribution in [0.3, 0.4) is 0 Å². The molecule has 0 saturated heterocycles. The van der Waals surface area contributed by atoms with Crippen LogP contribution in [0.25, 0.3) is 0 Å². The number of nitrogens with two attached hydrogens (primary N) is 1. The second-order valence-corrected chi connectivity index (χ2v) is 5.86. The van der Waals surface area contributed by atoms with Gasteiger partial charge in [-0.3, -0.25) is 0 Å². The predicted octanol–water partition coefficient (Wildman–Crippen LogP) is 4.26. The number of rotatable bonds is 5. The van der Waals surface area contributed by atoms with Gasteiger partial charge in [-0.25, -0.2) is 9.38 Å². The van der Waals surface area contributed by atoms with E-state index in [2.05, 4.69) is 22.4 Å². The summed E-state index contributed by atoms with van der Waals surface area (Å²) in [4.78, 5) is 4.28. The van der Waals surface area contributed by atoms with Crippen LogP contribution in [0.15, 0.2) is 41.4 Å². The average Bonchev–Trinajstić information content (AvgIpc) is 3.03. The maximum Gasteiger partial charge on any atom is 0.193 e. The van der Waals surface area contributed by atoms with Crippen molar-refractivity contribution in [1.82, 2.24) is 0 Å². The molecule has 0 radical (unpaired) electrons. The Kier molecular flexibility index (Phi) is 7.04. The maximum atomic E-state index is 13.8. The second-order valence-electron chi connectivity index (χ2n) is 5.86. The minimum atomic E-state index is -0.380. The molecule has 134 valence electrons. The topological polar surface area (TPSA) is 59.6 Å². The van der Waals surface area contributed by atoms with Crippen LogP contribution in [0, 0.1) is 5.82 Å². The minimum Gasteiger partial charge on any atom is -0.491 e. The molecule has 0 atom stereocenters. The van der Waals surface area contributed by atoms with Crippen LogP contribution < -0.4 is 15.8 Å². The van der Waals surface area contributed by atoms with Crippen molar-refractivity contribution >= 4 is 35.6 Å². The summed E-state index contributed by atoms with van der Waals surface area (Å²) in [5.41, 5.74) is 10.4. The fraction of sp³-hybridized carbons (Fsp3) is 0.316. The summed E-state index contributed by atoms with van der Waals surface area (Å²) >= 11 is 0. The van der Waals surface area contributed by atoms with Crippen LogP contribution in [-0.4, -0.2) is 12.6 Å². The van der Waals surface area contributed by atoms with Gasteiger partial charge in [0.25, 0.3) is 0 Å². The van der Waals surface area contributed by atoms with E-state index in [1.807, 2.05) is 13.0 Å². The van der Waals surface area contributed by atoms with E-state index in [0.717, 1.165) is 24.1 Å². The van der Waals surface area contributed by atoms with E-state index in [-0.39, 0.29) is 35.5 Å². The first-order valence-corrected chi connectivity index (χ1v) is 8.25. The smallest absolute Gasteiger partial charge is 0.193 e. The highest BCUT2D eigenvalue weighted by atomic mass is 127. The molecule has 0 heterocycles. The molecule has 0 saturated carbocycles. The highest BCUT2D eigenvalue weighted by Crippen LogP contribution is 2.24. The number of nitrogens with zero attached hydrogens (tertiary/aromatic N) is 1. The molecule has 0 fully saturated rings. The number of guanidine groups is 1. The number of nitrogens with one attached hydrogen (secondary N) is 1. The Morgan fingerprint density at radius 2 is 2.00 bits per heavy atom. The third kappa shape index (κ3) is 5.07. The lowest BCUT2D eigenvalue weighted by molar-refractivity contribution is 0.321. The molecule has 25 heavy (non-hydrogen) atoms. The van der Waals surface area contributed by atoms with Crippen molar-refractivity contribution in [3.63, 3.8) is 0 Å². The molecule has 0 bridgehead atoms. The lowest BCUT2D eigenvalue weighted by Gasteiger charge is -2.08. The molecule has 3 N–H and O–H groups in total. The molecule has 6 heteroatoms. The molecule has 2 aromatic rings. The van der Waals surface area contributed by atoms with Gasteiger partial charge in [-0.05, 0) is 67.1 Å². The molecular formula is C19H23FIN3O. The molecule has 0 spiro atoms. The summed E-state index contributed by atoms with van der Waals surface area (Å²) in [6.07, 6.45) is 3.49. The highest BCUT2D eigenvalue weighted by molar-refractivity contribution is 14.0. The zero-order valence-corrected chi connectivity index (χ0v) is 16.5. The molecule has 2 aromatic carbocycles. The van der Waals surface area contributed by atoms with Gasteiger partial charge in [-0.15, -0.1) is 24.0 Å². The van der Waals surface area contributed by atoms with E-state index in [9.17, 15) is 4.39 Å². The van der Waals surface area contributed by atoms with Crippen molar-refractivity contribution in [2.45, 2.75) is 32.7 Å². The van der Waals surface area contributed by atoms with Gasteiger partial charge in [0.1, 0.15) is 0 Å². The Morgan fingerprint density at radius 1 is 1.20 bits per heavy atom. The lowest BCUT2D eigenvalue weighted by Crippen LogP contribution is -2.22. The molecule has 0 aromatic heterocycles. The molecule has 1 aliphatic carbocycles. The summed E-state index contributed by atoms with van der Waals surface area (Å²) in [5, 5.41) is 3.10. The van der Waals surface area contributed by atoms with Gasteiger partial charge in [0.15, 0.2) is 17.5 Å². The number of fused-ring (bicyclic) bond motifs is 1. The van der Waals surface area contributed by atoms with E-state index in [0.29, 0.717) is 19.1 Å². The number of hydrogen-bond donors (Lipinski definition) is 2. The first-order chi connectivity index (χ1) is 11.7. The number of ether oxygens (including phenoxy) is 1. The van der Waals surface area contributed by atoms with Crippen LogP contribution in [0.5, 0.6) is 5.75 Å². The second kappa shape index (κ2) is 9.03. The molecule has 0 aliphatic heterocycles. The van der Waals surface area contributed by atoms with Crippen LogP contribution in [0.2, 0.25) is 0 Å². The third-order valence-corrected chi connectivity index (χ3v) is 4.10. The van der Waals surface area contributed by atoms with Crippen LogP contribution in [-0.2, 0) is 19.4 Å². The van der Waals surface area contributed by atoms with Crippen molar-refractivity contribution in [2.24, 2.45) is 10.7 Å². The number of halogens is 2. The lowest BCUT2D eigenvalue weighted by atomic mass is 10.1. The van der Waals surface area contributed by atoms with Crippen molar-refractivity contribution < 1.29 is 9.13 Å². The van der Waals surface area contributed by atoms with Gasteiger partial charge >= 0.3 is 0 Å². The van der Waals surface area contributed by atoms with Gasteiger partial charge in [0.2, 0.25) is 0 Å². The molecule has 1 aliphatic rings. The third-order valence-electron chi connectivity index (χ3n) is 4.10. The van der Waals surface area contributed by atoms with E-state index in [1.165, 1.54) is 23.6 Å². The zero-order valence-electron chi connectivity index (χ0n) is 14.2. The fourth-order valence-corrected chi connectivity index (χ4v) is 2.93. The molecule has 0 amide bonds. The van der Waals surface area contributed by atoms with Crippen LogP contribution >= 0.6 is 24.0 Å². The van der Waals surface area contributed by atoms with E-state index in [4.69, 9.17) is 10.5 Å². The maximum absolute atomic E-state index is 13.8. The van der Waals surface area contributed by atoms with Crippen LogP contribution in [0.4, 0.5) is 10.1 Å². The monoisotopic (exact) mass is 455 g/mol. The number of benzene rings is 2. The Hall–Kier alpha value is -1.83. The zero-order chi connectivity index (χ0) is 16.9.